The molecule has 0 bridgehead atoms. The van der Waals surface area contributed by atoms with Gasteiger partial charge in [-0.05, 0) is 43.4 Å². The lowest BCUT2D eigenvalue weighted by molar-refractivity contribution is 0.00467. The summed E-state index contributed by atoms with van der Waals surface area (Å²) in [5, 5.41) is 13.8. The van der Waals surface area contributed by atoms with Gasteiger partial charge in [0.25, 0.3) is 0 Å². The Hall–Kier alpha value is -0.860. The van der Waals surface area contributed by atoms with Gasteiger partial charge < -0.3 is 10.4 Å². The van der Waals surface area contributed by atoms with Crippen molar-refractivity contribution in [1.29, 1.82) is 0 Å². The van der Waals surface area contributed by atoms with E-state index < -0.39 is 5.60 Å². The van der Waals surface area contributed by atoms with Crippen LogP contribution >= 0.6 is 0 Å². The molecular formula is C16H25NO. The van der Waals surface area contributed by atoms with Gasteiger partial charge in [-0.15, -0.1) is 0 Å². The molecule has 0 heterocycles. The van der Waals surface area contributed by atoms with Gasteiger partial charge in [0, 0.05) is 13.1 Å². The lowest BCUT2D eigenvalue weighted by atomic mass is 9.85. The highest BCUT2D eigenvalue weighted by atomic mass is 16.3. The van der Waals surface area contributed by atoms with Crippen molar-refractivity contribution in [3.8, 4) is 0 Å². The Labute approximate surface area is 110 Å². The van der Waals surface area contributed by atoms with E-state index in [1.165, 1.54) is 36.0 Å². The molecule has 0 aromatic heterocycles. The van der Waals surface area contributed by atoms with Crippen LogP contribution in [0.1, 0.15) is 48.8 Å². The molecule has 2 N–H and O–H groups in total. The summed E-state index contributed by atoms with van der Waals surface area (Å²) >= 11 is 0. The molecule has 0 atom stereocenters. The van der Waals surface area contributed by atoms with E-state index in [0.717, 1.165) is 25.9 Å². The van der Waals surface area contributed by atoms with E-state index in [0.29, 0.717) is 0 Å². The van der Waals surface area contributed by atoms with Crippen molar-refractivity contribution in [3.05, 3.63) is 34.9 Å². The molecule has 0 unspecified atom stereocenters. The number of benzene rings is 1. The van der Waals surface area contributed by atoms with Crippen LogP contribution in [-0.4, -0.2) is 17.3 Å². The van der Waals surface area contributed by atoms with Gasteiger partial charge in [0.1, 0.15) is 0 Å². The Morgan fingerprint density at radius 3 is 2.50 bits per heavy atom. The van der Waals surface area contributed by atoms with Gasteiger partial charge in [0.2, 0.25) is 0 Å². The number of aryl methyl sites for hydroxylation is 2. The van der Waals surface area contributed by atoms with Gasteiger partial charge in [-0.3, -0.25) is 0 Å². The molecule has 0 radical (unpaired) electrons. The predicted molar refractivity (Wildman–Crippen MR) is 75.7 cm³/mol. The van der Waals surface area contributed by atoms with E-state index in [1.807, 2.05) is 0 Å². The van der Waals surface area contributed by atoms with Crippen LogP contribution in [0, 0.1) is 13.8 Å². The number of rotatable bonds is 4. The Balaban J connectivity index is 1.82. The van der Waals surface area contributed by atoms with E-state index >= 15 is 0 Å². The van der Waals surface area contributed by atoms with Crippen LogP contribution in [0.3, 0.4) is 0 Å². The quantitative estimate of drug-likeness (QED) is 0.857. The highest BCUT2D eigenvalue weighted by Crippen LogP contribution is 2.27. The lowest BCUT2D eigenvalue weighted by Crippen LogP contribution is -2.41. The summed E-state index contributed by atoms with van der Waals surface area (Å²) in [4.78, 5) is 0. The zero-order valence-electron chi connectivity index (χ0n) is 11.6. The summed E-state index contributed by atoms with van der Waals surface area (Å²) in [7, 11) is 0. The standard InChI is InChI=1S/C16H25NO/c1-13-6-7-15(10-14(13)2)11-17-12-16(18)8-4-3-5-9-16/h6-7,10,17-18H,3-5,8-9,11-12H2,1-2H3. The molecule has 1 aliphatic carbocycles. The molecule has 0 saturated heterocycles. The summed E-state index contributed by atoms with van der Waals surface area (Å²) in [6.45, 7) is 5.86. The highest BCUT2D eigenvalue weighted by molar-refractivity contribution is 5.29. The van der Waals surface area contributed by atoms with Crippen LogP contribution < -0.4 is 5.32 Å². The van der Waals surface area contributed by atoms with Gasteiger partial charge in [0.15, 0.2) is 0 Å². The van der Waals surface area contributed by atoms with Crippen LogP contribution in [0.4, 0.5) is 0 Å². The second-order valence-electron chi connectivity index (χ2n) is 5.81. The highest BCUT2D eigenvalue weighted by Gasteiger charge is 2.28. The molecule has 2 heteroatoms. The molecule has 0 amide bonds. The summed E-state index contributed by atoms with van der Waals surface area (Å²) in [6, 6.07) is 6.56. The fourth-order valence-electron chi connectivity index (χ4n) is 2.74. The second-order valence-corrected chi connectivity index (χ2v) is 5.81. The zero-order valence-corrected chi connectivity index (χ0v) is 11.6. The third-order valence-corrected chi connectivity index (χ3v) is 4.14. The minimum atomic E-state index is -0.460. The van der Waals surface area contributed by atoms with Gasteiger partial charge in [-0.25, -0.2) is 0 Å². The van der Waals surface area contributed by atoms with Gasteiger partial charge >= 0.3 is 0 Å². The first kappa shape index (κ1) is 13.6. The summed E-state index contributed by atoms with van der Waals surface area (Å²) in [6.07, 6.45) is 5.52. The molecule has 18 heavy (non-hydrogen) atoms. The first-order valence-electron chi connectivity index (χ1n) is 7.08. The fourth-order valence-corrected chi connectivity index (χ4v) is 2.74. The maximum Gasteiger partial charge on any atom is 0.0771 e. The smallest absolute Gasteiger partial charge is 0.0771 e. The monoisotopic (exact) mass is 247 g/mol. The second kappa shape index (κ2) is 5.85. The van der Waals surface area contributed by atoms with Crippen molar-refractivity contribution in [2.75, 3.05) is 6.54 Å². The number of hydrogen-bond donors (Lipinski definition) is 2. The van der Waals surface area contributed by atoms with E-state index in [9.17, 15) is 5.11 Å². The SMILES string of the molecule is Cc1ccc(CNCC2(O)CCCCC2)cc1C. The normalized spacial score (nSPS) is 18.8. The Kier molecular flexibility index (Phi) is 4.41. The Morgan fingerprint density at radius 2 is 1.83 bits per heavy atom. The summed E-state index contributed by atoms with van der Waals surface area (Å²) in [5.74, 6) is 0. The van der Waals surface area contributed by atoms with Crippen LogP contribution in [-0.2, 0) is 6.54 Å². The minimum Gasteiger partial charge on any atom is -0.389 e. The van der Waals surface area contributed by atoms with Crippen molar-refractivity contribution in [2.24, 2.45) is 0 Å². The molecule has 100 valence electrons. The number of hydrogen-bond acceptors (Lipinski definition) is 2. The first-order valence-corrected chi connectivity index (χ1v) is 7.08. The van der Waals surface area contributed by atoms with Crippen LogP contribution in [0.5, 0.6) is 0 Å². The van der Waals surface area contributed by atoms with Crippen LogP contribution in [0.15, 0.2) is 18.2 Å². The maximum absolute atomic E-state index is 10.4. The molecule has 0 spiro atoms. The number of aliphatic hydroxyl groups is 1. The van der Waals surface area contributed by atoms with Crippen molar-refractivity contribution >= 4 is 0 Å². The Morgan fingerprint density at radius 1 is 1.11 bits per heavy atom. The Bertz CT molecular complexity index is 394. The van der Waals surface area contributed by atoms with E-state index in [1.54, 1.807) is 0 Å². The van der Waals surface area contributed by atoms with Crippen molar-refractivity contribution in [3.63, 3.8) is 0 Å². The predicted octanol–water partition coefficient (Wildman–Crippen LogP) is 3.09. The minimum absolute atomic E-state index is 0.460. The topological polar surface area (TPSA) is 32.3 Å². The zero-order chi connectivity index (χ0) is 13.0. The molecule has 1 aromatic carbocycles. The van der Waals surface area contributed by atoms with Crippen LogP contribution in [0.25, 0.3) is 0 Å². The lowest BCUT2D eigenvalue weighted by Gasteiger charge is -2.32. The fraction of sp³-hybridized carbons (Fsp3) is 0.625. The van der Waals surface area contributed by atoms with Crippen molar-refractivity contribution < 1.29 is 5.11 Å². The van der Waals surface area contributed by atoms with Crippen LogP contribution in [0.2, 0.25) is 0 Å². The molecule has 1 fully saturated rings. The van der Waals surface area contributed by atoms with Gasteiger partial charge in [-0.1, -0.05) is 37.5 Å². The van der Waals surface area contributed by atoms with Gasteiger partial charge in [0.05, 0.1) is 5.60 Å². The summed E-state index contributed by atoms with van der Waals surface area (Å²) in [5.41, 5.74) is 3.52. The largest absolute Gasteiger partial charge is 0.389 e. The van der Waals surface area contributed by atoms with E-state index in [4.69, 9.17) is 0 Å². The molecule has 1 aliphatic rings. The molecule has 2 nitrogen and oxygen atoms in total. The molecule has 0 aliphatic heterocycles. The third kappa shape index (κ3) is 3.56. The average molecular weight is 247 g/mol. The molecular weight excluding hydrogens is 222 g/mol. The van der Waals surface area contributed by atoms with Gasteiger partial charge in [-0.2, -0.15) is 0 Å². The van der Waals surface area contributed by atoms with E-state index in [2.05, 4.69) is 37.4 Å². The molecule has 1 aromatic rings. The maximum atomic E-state index is 10.4. The first-order chi connectivity index (χ1) is 8.59. The third-order valence-electron chi connectivity index (χ3n) is 4.14. The van der Waals surface area contributed by atoms with Crippen molar-refractivity contribution in [1.82, 2.24) is 5.32 Å². The molecule has 1 saturated carbocycles. The van der Waals surface area contributed by atoms with Crippen molar-refractivity contribution in [2.45, 2.75) is 58.1 Å². The average Bonchev–Trinajstić information content (AvgIpc) is 2.34. The molecule has 2 rings (SSSR count). The number of nitrogens with one attached hydrogen (secondary N) is 1. The van der Waals surface area contributed by atoms with E-state index in [-0.39, 0.29) is 0 Å². The summed E-state index contributed by atoms with van der Waals surface area (Å²) < 4.78 is 0.